The Bertz CT molecular complexity index is 340. The summed E-state index contributed by atoms with van der Waals surface area (Å²) in [7, 11) is 0. The minimum Gasteiger partial charge on any atom is -0.379 e. The van der Waals surface area contributed by atoms with E-state index in [2.05, 4.69) is 41.2 Å². The lowest BCUT2D eigenvalue weighted by Gasteiger charge is -2.60. The van der Waals surface area contributed by atoms with Crippen molar-refractivity contribution in [2.45, 2.75) is 33.2 Å². The summed E-state index contributed by atoms with van der Waals surface area (Å²) in [5, 5.41) is 6.74. The van der Waals surface area contributed by atoms with Crippen molar-refractivity contribution in [1.29, 1.82) is 0 Å². The molecule has 0 aromatic rings. The topological polar surface area (TPSA) is 49.0 Å². The highest BCUT2D eigenvalue weighted by atomic mass is 16.5. The largest absolute Gasteiger partial charge is 0.379 e. The molecule has 0 aromatic carbocycles. The van der Waals surface area contributed by atoms with Crippen LogP contribution in [0.3, 0.4) is 0 Å². The molecule has 2 heterocycles. The molecule has 0 saturated carbocycles. The molecule has 148 valence electrons. The lowest BCUT2D eigenvalue weighted by atomic mass is 9.73. The molecule has 2 aliphatic rings. The zero-order valence-electron chi connectivity index (χ0n) is 16.7. The van der Waals surface area contributed by atoms with Crippen LogP contribution in [0.5, 0.6) is 0 Å². The quantitative estimate of drug-likeness (QED) is 0.420. The van der Waals surface area contributed by atoms with Crippen LogP contribution in [0.25, 0.3) is 0 Å². The molecule has 0 bridgehead atoms. The van der Waals surface area contributed by atoms with E-state index in [4.69, 9.17) is 9.47 Å². The molecule has 0 aromatic heterocycles. The maximum atomic E-state index is 5.70. The van der Waals surface area contributed by atoms with Crippen molar-refractivity contribution in [2.75, 3.05) is 85.3 Å². The number of rotatable bonds is 15. The number of likely N-dealkylation sites (tertiary alicyclic amines) is 2. The fourth-order valence-corrected chi connectivity index (χ4v) is 3.78. The highest BCUT2D eigenvalue weighted by molar-refractivity contribution is 5.05. The monoisotopic (exact) mass is 356 g/mol. The first-order valence-corrected chi connectivity index (χ1v) is 10.2. The van der Waals surface area contributed by atoms with Gasteiger partial charge >= 0.3 is 0 Å². The standard InChI is InChI=1S/C19H40N4O2/c1-4-5-20-6-10-24-12-8-22-14-19(15-22)16-23(17-19)9-13-25-11-7-21-18(2)3/h18,20-21H,4-17H2,1-3H3. The first-order valence-electron chi connectivity index (χ1n) is 10.2. The summed E-state index contributed by atoms with van der Waals surface area (Å²) >= 11 is 0. The SMILES string of the molecule is CCCNCCOCCN1CC2(C1)CN(CCOCCNC(C)C)C2. The van der Waals surface area contributed by atoms with E-state index in [-0.39, 0.29) is 0 Å². The van der Waals surface area contributed by atoms with E-state index in [1.807, 2.05) is 0 Å². The molecule has 0 aliphatic carbocycles. The van der Waals surface area contributed by atoms with Crippen LogP contribution in [0.15, 0.2) is 0 Å². The van der Waals surface area contributed by atoms with Crippen LogP contribution >= 0.6 is 0 Å². The second kappa shape index (κ2) is 11.5. The molecule has 25 heavy (non-hydrogen) atoms. The molecular formula is C19H40N4O2. The van der Waals surface area contributed by atoms with E-state index in [9.17, 15) is 0 Å². The number of nitrogens with zero attached hydrogens (tertiary/aromatic N) is 2. The fraction of sp³-hybridized carbons (Fsp3) is 1.00. The molecule has 1 spiro atoms. The molecule has 2 fully saturated rings. The number of ether oxygens (including phenoxy) is 2. The van der Waals surface area contributed by atoms with Gasteiger partial charge in [-0.05, 0) is 13.0 Å². The number of hydrogen-bond acceptors (Lipinski definition) is 6. The maximum absolute atomic E-state index is 5.70. The van der Waals surface area contributed by atoms with E-state index < -0.39 is 0 Å². The predicted molar refractivity (Wildman–Crippen MR) is 103 cm³/mol. The average Bonchev–Trinajstić information content (AvgIpc) is 2.51. The minimum atomic E-state index is 0.545. The van der Waals surface area contributed by atoms with E-state index >= 15 is 0 Å². The van der Waals surface area contributed by atoms with Gasteiger partial charge in [0.25, 0.3) is 0 Å². The summed E-state index contributed by atoms with van der Waals surface area (Å²) in [6.07, 6.45) is 1.19. The highest BCUT2D eigenvalue weighted by Gasteiger charge is 2.50. The molecule has 6 nitrogen and oxygen atoms in total. The van der Waals surface area contributed by atoms with Gasteiger partial charge in [-0.25, -0.2) is 0 Å². The Hall–Kier alpha value is -0.240. The molecule has 0 radical (unpaired) electrons. The lowest BCUT2D eigenvalue weighted by molar-refractivity contribution is -0.123. The summed E-state index contributed by atoms with van der Waals surface area (Å²) in [5.41, 5.74) is 0.585. The van der Waals surface area contributed by atoms with Gasteiger partial charge in [-0.2, -0.15) is 0 Å². The molecule has 2 N–H and O–H groups in total. The number of hydrogen-bond donors (Lipinski definition) is 2. The van der Waals surface area contributed by atoms with Crippen LogP contribution in [-0.2, 0) is 9.47 Å². The first-order chi connectivity index (χ1) is 12.1. The average molecular weight is 357 g/mol. The maximum Gasteiger partial charge on any atom is 0.0594 e. The zero-order valence-corrected chi connectivity index (χ0v) is 16.7. The van der Waals surface area contributed by atoms with Gasteiger partial charge in [0, 0.05) is 63.8 Å². The van der Waals surface area contributed by atoms with Crippen molar-refractivity contribution in [2.24, 2.45) is 5.41 Å². The van der Waals surface area contributed by atoms with Crippen molar-refractivity contribution >= 4 is 0 Å². The third kappa shape index (κ3) is 7.89. The van der Waals surface area contributed by atoms with Crippen LogP contribution in [0.4, 0.5) is 0 Å². The van der Waals surface area contributed by atoms with Gasteiger partial charge in [0.2, 0.25) is 0 Å². The molecule has 2 aliphatic heterocycles. The van der Waals surface area contributed by atoms with E-state index in [1.54, 1.807) is 0 Å². The molecule has 0 unspecified atom stereocenters. The van der Waals surface area contributed by atoms with Crippen LogP contribution in [0.1, 0.15) is 27.2 Å². The molecular weight excluding hydrogens is 316 g/mol. The molecule has 6 heteroatoms. The van der Waals surface area contributed by atoms with Gasteiger partial charge in [0.15, 0.2) is 0 Å². The Labute approximate surface area is 154 Å². The predicted octanol–water partition coefficient (Wildman–Crippen LogP) is 0.635. The van der Waals surface area contributed by atoms with Gasteiger partial charge in [0.1, 0.15) is 0 Å². The normalized spacial score (nSPS) is 20.2. The Morgan fingerprint density at radius 3 is 1.92 bits per heavy atom. The van der Waals surface area contributed by atoms with Crippen molar-refractivity contribution in [3.63, 3.8) is 0 Å². The summed E-state index contributed by atoms with van der Waals surface area (Å²) in [5.74, 6) is 0. The third-order valence-corrected chi connectivity index (χ3v) is 4.99. The molecule has 2 saturated heterocycles. The number of nitrogens with one attached hydrogen (secondary N) is 2. The van der Waals surface area contributed by atoms with Crippen LogP contribution in [0.2, 0.25) is 0 Å². The lowest BCUT2D eigenvalue weighted by Crippen LogP contribution is -2.72. The summed E-state index contributed by atoms with van der Waals surface area (Å²) in [4.78, 5) is 5.06. The summed E-state index contributed by atoms with van der Waals surface area (Å²) in [6, 6.07) is 0.545. The van der Waals surface area contributed by atoms with Crippen molar-refractivity contribution in [3.8, 4) is 0 Å². The van der Waals surface area contributed by atoms with Gasteiger partial charge in [0.05, 0.1) is 26.4 Å². The van der Waals surface area contributed by atoms with Gasteiger partial charge < -0.3 is 20.1 Å². The minimum absolute atomic E-state index is 0.545. The fourth-order valence-electron chi connectivity index (χ4n) is 3.78. The third-order valence-electron chi connectivity index (χ3n) is 4.99. The Balaban J connectivity index is 1.35. The van der Waals surface area contributed by atoms with E-state index in [0.29, 0.717) is 11.5 Å². The van der Waals surface area contributed by atoms with Crippen LogP contribution in [0, 0.1) is 5.41 Å². The molecule has 0 amide bonds. The van der Waals surface area contributed by atoms with Crippen molar-refractivity contribution < 1.29 is 9.47 Å². The van der Waals surface area contributed by atoms with Gasteiger partial charge in [-0.15, -0.1) is 0 Å². The summed E-state index contributed by atoms with van der Waals surface area (Å²) in [6.45, 7) is 20.1. The van der Waals surface area contributed by atoms with Crippen LogP contribution < -0.4 is 10.6 Å². The first kappa shape index (κ1) is 21.1. The second-order valence-corrected chi connectivity index (χ2v) is 8.00. The van der Waals surface area contributed by atoms with Gasteiger partial charge in [-0.1, -0.05) is 20.8 Å². The van der Waals surface area contributed by atoms with Gasteiger partial charge in [-0.3, -0.25) is 9.80 Å². The zero-order chi connectivity index (χ0) is 18.0. The molecule has 0 atom stereocenters. The smallest absolute Gasteiger partial charge is 0.0594 e. The van der Waals surface area contributed by atoms with E-state index in [1.165, 1.54) is 32.6 Å². The Kier molecular flexibility index (Phi) is 9.66. The second-order valence-electron chi connectivity index (χ2n) is 8.00. The Morgan fingerprint density at radius 1 is 0.840 bits per heavy atom. The highest BCUT2D eigenvalue weighted by Crippen LogP contribution is 2.38. The summed E-state index contributed by atoms with van der Waals surface area (Å²) < 4.78 is 11.4. The van der Waals surface area contributed by atoms with Crippen LogP contribution in [-0.4, -0.2) is 101 Å². The van der Waals surface area contributed by atoms with Crippen molar-refractivity contribution in [3.05, 3.63) is 0 Å². The van der Waals surface area contributed by atoms with Crippen molar-refractivity contribution in [1.82, 2.24) is 20.4 Å². The Morgan fingerprint density at radius 2 is 1.40 bits per heavy atom. The van der Waals surface area contributed by atoms with E-state index in [0.717, 1.165) is 59.2 Å². The molecule has 2 rings (SSSR count).